The number of carbonyl (C=O) groups excluding carboxylic acids is 1. The van der Waals surface area contributed by atoms with Gasteiger partial charge >= 0.3 is 0 Å². The van der Waals surface area contributed by atoms with E-state index in [4.69, 9.17) is 18.7 Å². The molecule has 2 aromatic rings. The van der Waals surface area contributed by atoms with Crippen LogP contribution in [0.5, 0.6) is 11.5 Å². The van der Waals surface area contributed by atoms with Crippen molar-refractivity contribution in [3.8, 4) is 11.5 Å². The van der Waals surface area contributed by atoms with E-state index in [2.05, 4.69) is 24.0 Å². The van der Waals surface area contributed by atoms with E-state index >= 15 is 0 Å². The van der Waals surface area contributed by atoms with Gasteiger partial charge in [-0.05, 0) is 30.9 Å². The second-order valence-electron chi connectivity index (χ2n) is 7.86. The number of hydrogen-bond donors (Lipinski definition) is 0. The molecule has 1 aromatic heterocycles. The Morgan fingerprint density at radius 3 is 2.67 bits per heavy atom. The molecule has 0 radical (unpaired) electrons. The van der Waals surface area contributed by atoms with Crippen LogP contribution >= 0.6 is 0 Å². The Balaban J connectivity index is 1.46. The summed E-state index contributed by atoms with van der Waals surface area (Å²) in [4.78, 5) is 19.2. The lowest BCUT2D eigenvalue weighted by molar-refractivity contribution is 0.00939. The van der Waals surface area contributed by atoms with Gasteiger partial charge in [-0.3, -0.25) is 4.79 Å². The Morgan fingerprint density at radius 1 is 1.23 bits per heavy atom. The molecule has 0 N–H and O–H groups in total. The highest BCUT2D eigenvalue weighted by molar-refractivity contribution is 5.97. The number of piperidine rings is 1. The number of para-hydroxylation sites is 1. The lowest BCUT2D eigenvalue weighted by Gasteiger charge is -2.32. The summed E-state index contributed by atoms with van der Waals surface area (Å²) >= 11 is 0. The van der Waals surface area contributed by atoms with Gasteiger partial charge < -0.3 is 23.6 Å². The summed E-state index contributed by atoms with van der Waals surface area (Å²) < 4.78 is 21.9. The van der Waals surface area contributed by atoms with Crippen molar-refractivity contribution in [3.05, 3.63) is 35.5 Å². The van der Waals surface area contributed by atoms with Crippen LogP contribution in [0.25, 0.3) is 0 Å². The SMILES string of the molecule is COc1cccc(C(=O)N2CCC(OCCc3noc(CC(C)C)n3)CC2)c1OC. The molecule has 1 amide bonds. The lowest BCUT2D eigenvalue weighted by atomic mass is 10.1. The lowest BCUT2D eigenvalue weighted by Crippen LogP contribution is -2.41. The van der Waals surface area contributed by atoms with E-state index in [1.807, 2.05) is 4.90 Å². The maximum atomic E-state index is 13.0. The van der Waals surface area contributed by atoms with Crippen LogP contribution in [0.1, 0.15) is 48.8 Å². The fourth-order valence-electron chi connectivity index (χ4n) is 3.59. The Bertz CT molecular complexity index is 828. The number of likely N-dealkylation sites (tertiary alicyclic amines) is 1. The van der Waals surface area contributed by atoms with Crippen molar-refractivity contribution >= 4 is 5.91 Å². The van der Waals surface area contributed by atoms with Gasteiger partial charge in [-0.1, -0.05) is 25.1 Å². The van der Waals surface area contributed by atoms with E-state index in [0.29, 0.717) is 60.8 Å². The maximum Gasteiger partial charge on any atom is 0.257 e. The van der Waals surface area contributed by atoms with Gasteiger partial charge in [0.2, 0.25) is 5.89 Å². The van der Waals surface area contributed by atoms with Crippen LogP contribution in [0.2, 0.25) is 0 Å². The first-order valence-electron chi connectivity index (χ1n) is 10.4. The Kier molecular flexibility index (Phi) is 7.68. The second kappa shape index (κ2) is 10.4. The van der Waals surface area contributed by atoms with E-state index in [1.165, 1.54) is 0 Å². The first-order valence-corrected chi connectivity index (χ1v) is 10.4. The van der Waals surface area contributed by atoms with Crippen molar-refractivity contribution < 1.29 is 23.5 Å². The number of carbonyl (C=O) groups is 1. The molecule has 1 aromatic carbocycles. The van der Waals surface area contributed by atoms with Crippen molar-refractivity contribution in [2.45, 2.75) is 45.6 Å². The third-order valence-corrected chi connectivity index (χ3v) is 5.13. The summed E-state index contributed by atoms with van der Waals surface area (Å²) in [5.74, 6) is 2.83. The number of benzene rings is 1. The summed E-state index contributed by atoms with van der Waals surface area (Å²) in [5, 5.41) is 4.01. The highest BCUT2D eigenvalue weighted by Crippen LogP contribution is 2.32. The third-order valence-electron chi connectivity index (χ3n) is 5.13. The minimum Gasteiger partial charge on any atom is -0.493 e. The van der Waals surface area contributed by atoms with Crippen LogP contribution in [0, 0.1) is 5.92 Å². The van der Waals surface area contributed by atoms with E-state index in [1.54, 1.807) is 32.4 Å². The molecule has 1 aliphatic rings. The maximum absolute atomic E-state index is 13.0. The number of aromatic nitrogens is 2. The van der Waals surface area contributed by atoms with E-state index < -0.39 is 0 Å². The third kappa shape index (κ3) is 5.50. The van der Waals surface area contributed by atoms with Crippen molar-refractivity contribution in [1.29, 1.82) is 0 Å². The summed E-state index contributed by atoms with van der Waals surface area (Å²) in [6.45, 7) is 6.07. The Morgan fingerprint density at radius 2 is 2.00 bits per heavy atom. The van der Waals surface area contributed by atoms with Crippen LogP contribution in [0.15, 0.2) is 22.7 Å². The zero-order chi connectivity index (χ0) is 21.5. The van der Waals surface area contributed by atoms with Crippen molar-refractivity contribution in [2.75, 3.05) is 33.9 Å². The molecule has 0 aliphatic carbocycles. The van der Waals surface area contributed by atoms with Crippen molar-refractivity contribution in [3.63, 3.8) is 0 Å². The zero-order valence-corrected chi connectivity index (χ0v) is 18.2. The monoisotopic (exact) mass is 417 g/mol. The average Bonchev–Trinajstić information content (AvgIpc) is 3.19. The van der Waals surface area contributed by atoms with E-state index in [-0.39, 0.29) is 12.0 Å². The standard InChI is InChI=1S/C22H31N3O5/c1-15(2)14-20-23-19(24-30-20)10-13-29-16-8-11-25(12-9-16)22(26)17-6-5-7-18(27-3)21(17)28-4/h5-7,15-16H,8-14H2,1-4H3. The minimum atomic E-state index is -0.0475. The summed E-state index contributed by atoms with van der Waals surface area (Å²) in [7, 11) is 3.11. The number of rotatable bonds is 9. The summed E-state index contributed by atoms with van der Waals surface area (Å²) in [5.41, 5.74) is 0.519. The topological polar surface area (TPSA) is 86.9 Å². The Labute approximate surface area is 177 Å². The van der Waals surface area contributed by atoms with Gasteiger partial charge in [0.25, 0.3) is 5.91 Å². The van der Waals surface area contributed by atoms with E-state index in [0.717, 1.165) is 19.3 Å². The van der Waals surface area contributed by atoms with Crippen LogP contribution < -0.4 is 9.47 Å². The quantitative estimate of drug-likeness (QED) is 0.619. The smallest absolute Gasteiger partial charge is 0.257 e. The molecule has 0 unspecified atom stereocenters. The molecule has 8 heteroatoms. The molecule has 164 valence electrons. The van der Waals surface area contributed by atoms with Gasteiger partial charge in [0, 0.05) is 25.9 Å². The van der Waals surface area contributed by atoms with Crippen molar-refractivity contribution in [2.24, 2.45) is 5.92 Å². The number of ether oxygens (including phenoxy) is 3. The molecule has 30 heavy (non-hydrogen) atoms. The summed E-state index contributed by atoms with van der Waals surface area (Å²) in [6.07, 6.45) is 3.13. The summed E-state index contributed by atoms with van der Waals surface area (Å²) in [6, 6.07) is 5.35. The van der Waals surface area contributed by atoms with Crippen LogP contribution in [0.3, 0.4) is 0 Å². The molecule has 3 rings (SSSR count). The normalized spacial score (nSPS) is 14.9. The molecule has 0 spiro atoms. The van der Waals surface area contributed by atoms with Crippen LogP contribution in [0.4, 0.5) is 0 Å². The van der Waals surface area contributed by atoms with Gasteiger partial charge in [0.05, 0.1) is 32.5 Å². The molecule has 0 saturated carbocycles. The first-order chi connectivity index (χ1) is 14.5. The molecule has 2 heterocycles. The highest BCUT2D eigenvalue weighted by atomic mass is 16.5. The fourth-order valence-corrected chi connectivity index (χ4v) is 3.59. The van der Waals surface area contributed by atoms with Gasteiger partial charge in [-0.15, -0.1) is 0 Å². The van der Waals surface area contributed by atoms with Gasteiger partial charge in [0.15, 0.2) is 17.3 Å². The number of nitrogens with zero attached hydrogens (tertiary/aromatic N) is 3. The molecule has 8 nitrogen and oxygen atoms in total. The molecule has 0 atom stereocenters. The fraction of sp³-hybridized carbons (Fsp3) is 0.591. The molecule has 1 saturated heterocycles. The molecular formula is C22H31N3O5. The van der Waals surface area contributed by atoms with Crippen LogP contribution in [-0.2, 0) is 17.6 Å². The molecule has 1 fully saturated rings. The number of hydrogen-bond acceptors (Lipinski definition) is 7. The molecule has 1 aliphatic heterocycles. The molecule has 0 bridgehead atoms. The minimum absolute atomic E-state index is 0.0475. The number of methoxy groups -OCH3 is 2. The molecular weight excluding hydrogens is 386 g/mol. The first kappa shape index (κ1) is 22.1. The van der Waals surface area contributed by atoms with Crippen LogP contribution in [-0.4, -0.2) is 61.0 Å². The van der Waals surface area contributed by atoms with Crippen molar-refractivity contribution in [1.82, 2.24) is 15.0 Å². The predicted octanol–water partition coefficient (Wildman–Crippen LogP) is 3.15. The van der Waals surface area contributed by atoms with Gasteiger partial charge in [0.1, 0.15) is 0 Å². The van der Waals surface area contributed by atoms with E-state index in [9.17, 15) is 4.79 Å². The van der Waals surface area contributed by atoms with Gasteiger partial charge in [-0.2, -0.15) is 4.98 Å². The van der Waals surface area contributed by atoms with Gasteiger partial charge in [-0.25, -0.2) is 0 Å². The predicted molar refractivity (Wildman–Crippen MR) is 111 cm³/mol. The highest BCUT2D eigenvalue weighted by Gasteiger charge is 2.27. The second-order valence-corrected chi connectivity index (χ2v) is 7.86. The zero-order valence-electron chi connectivity index (χ0n) is 18.2. The number of amides is 1. The Hall–Kier alpha value is -2.61. The average molecular weight is 418 g/mol. The largest absolute Gasteiger partial charge is 0.493 e.